The Balaban J connectivity index is 1.59. The van der Waals surface area contributed by atoms with Crippen molar-refractivity contribution in [2.24, 2.45) is 0 Å². The zero-order chi connectivity index (χ0) is 16.9. The fourth-order valence-electron chi connectivity index (χ4n) is 2.22. The number of benzene rings is 2. The summed E-state index contributed by atoms with van der Waals surface area (Å²) >= 11 is 3.20. The van der Waals surface area contributed by atoms with Gasteiger partial charge in [-0.3, -0.25) is 4.79 Å². The first kappa shape index (κ1) is 16.3. The molecule has 122 valence electrons. The number of halogens is 2. The van der Waals surface area contributed by atoms with E-state index < -0.39 is 0 Å². The van der Waals surface area contributed by atoms with Gasteiger partial charge >= 0.3 is 0 Å². The van der Waals surface area contributed by atoms with E-state index in [1.54, 1.807) is 11.0 Å². The lowest BCUT2D eigenvalue weighted by Gasteiger charge is -2.08. The molecule has 0 bridgehead atoms. The third-order valence-corrected chi connectivity index (χ3v) is 4.12. The normalized spacial score (nSPS) is 10.6. The fourth-order valence-corrected chi connectivity index (χ4v) is 2.75. The summed E-state index contributed by atoms with van der Waals surface area (Å²) in [5.41, 5.74) is 2.47. The summed E-state index contributed by atoms with van der Waals surface area (Å²) in [5, 5.41) is 6.88. The van der Waals surface area contributed by atoms with E-state index in [4.69, 9.17) is 0 Å². The molecule has 1 aromatic heterocycles. The van der Waals surface area contributed by atoms with Gasteiger partial charge in [0.2, 0.25) is 0 Å². The van der Waals surface area contributed by atoms with Crippen molar-refractivity contribution in [2.45, 2.75) is 13.1 Å². The van der Waals surface area contributed by atoms with E-state index in [0.717, 1.165) is 11.1 Å². The molecule has 1 N–H and O–H groups in total. The largest absolute Gasteiger partial charge is 0.348 e. The van der Waals surface area contributed by atoms with Crippen molar-refractivity contribution in [3.05, 3.63) is 82.1 Å². The maximum absolute atomic E-state index is 13.1. The number of nitrogens with zero attached hydrogens (tertiary/aromatic N) is 3. The van der Waals surface area contributed by atoms with Gasteiger partial charge in [-0.2, -0.15) is 5.10 Å². The average molecular weight is 389 g/mol. The van der Waals surface area contributed by atoms with Crippen LogP contribution in [0.15, 0.2) is 59.6 Å². The van der Waals surface area contributed by atoms with Crippen molar-refractivity contribution in [3.63, 3.8) is 0 Å². The molecule has 0 spiro atoms. The van der Waals surface area contributed by atoms with Crippen LogP contribution < -0.4 is 5.32 Å². The van der Waals surface area contributed by atoms with Gasteiger partial charge in [0.05, 0.1) is 12.1 Å². The van der Waals surface area contributed by atoms with E-state index in [1.807, 2.05) is 24.3 Å². The van der Waals surface area contributed by atoms with Crippen molar-refractivity contribution in [2.75, 3.05) is 0 Å². The van der Waals surface area contributed by atoms with Crippen LogP contribution in [0, 0.1) is 5.82 Å². The second-order valence-electron chi connectivity index (χ2n) is 5.22. The molecule has 0 radical (unpaired) electrons. The van der Waals surface area contributed by atoms with Gasteiger partial charge in [-0.1, -0.05) is 24.3 Å². The molecule has 0 unspecified atom stereocenters. The van der Waals surface area contributed by atoms with Crippen LogP contribution in [0.2, 0.25) is 0 Å². The number of nitrogens with one attached hydrogen (secondary N) is 1. The SMILES string of the molecule is O=C(NCc1ccc(Cn2cncn2)cc1)c1ccc(F)cc1Br. The highest BCUT2D eigenvalue weighted by atomic mass is 79.9. The molecule has 1 amide bonds. The first-order chi connectivity index (χ1) is 11.6. The van der Waals surface area contributed by atoms with Gasteiger partial charge in [-0.15, -0.1) is 0 Å². The van der Waals surface area contributed by atoms with Crippen molar-refractivity contribution in [1.82, 2.24) is 20.1 Å². The molecule has 0 aliphatic carbocycles. The Hall–Kier alpha value is -2.54. The Morgan fingerprint density at radius 2 is 1.92 bits per heavy atom. The van der Waals surface area contributed by atoms with Gasteiger partial charge in [0.1, 0.15) is 18.5 Å². The first-order valence-electron chi connectivity index (χ1n) is 7.25. The van der Waals surface area contributed by atoms with Crippen molar-refractivity contribution in [3.8, 4) is 0 Å². The highest BCUT2D eigenvalue weighted by Gasteiger charge is 2.10. The van der Waals surface area contributed by atoms with Crippen LogP contribution in [0.1, 0.15) is 21.5 Å². The van der Waals surface area contributed by atoms with Crippen LogP contribution in [-0.4, -0.2) is 20.7 Å². The van der Waals surface area contributed by atoms with Crippen molar-refractivity contribution < 1.29 is 9.18 Å². The van der Waals surface area contributed by atoms with Gasteiger partial charge in [-0.05, 0) is 45.3 Å². The molecule has 0 saturated heterocycles. The summed E-state index contributed by atoms with van der Waals surface area (Å²) in [4.78, 5) is 16.0. The molecule has 1 heterocycles. The van der Waals surface area contributed by atoms with E-state index in [9.17, 15) is 9.18 Å². The molecule has 24 heavy (non-hydrogen) atoms. The van der Waals surface area contributed by atoms with Gasteiger partial charge in [0, 0.05) is 11.0 Å². The molecule has 2 aromatic carbocycles. The molecule has 0 saturated carbocycles. The van der Waals surface area contributed by atoms with Crippen LogP contribution in [0.25, 0.3) is 0 Å². The number of rotatable bonds is 5. The van der Waals surface area contributed by atoms with Crippen molar-refractivity contribution >= 4 is 21.8 Å². The number of aromatic nitrogens is 3. The van der Waals surface area contributed by atoms with Gasteiger partial charge in [0.25, 0.3) is 5.91 Å². The third-order valence-electron chi connectivity index (χ3n) is 3.46. The summed E-state index contributed by atoms with van der Waals surface area (Å²) in [6.07, 6.45) is 3.16. The number of carbonyl (C=O) groups excluding carboxylic acids is 1. The lowest BCUT2D eigenvalue weighted by molar-refractivity contribution is 0.0950. The number of hydrogen-bond donors (Lipinski definition) is 1. The minimum Gasteiger partial charge on any atom is -0.348 e. The molecule has 5 nitrogen and oxygen atoms in total. The van der Waals surface area contributed by atoms with Crippen LogP contribution in [0.3, 0.4) is 0 Å². The maximum Gasteiger partial charge on any atom is 0.252 e. The first-order valence-corrected chi connectivity index (χ1v) is 8.04. The second kappa shape index (κ2) is 7.35. The van der Waals surface area contributed by atoms with E-state index in [0.29, 0.717) is 23.1 Å². The van der Waals surface area contributed by atoms with Gasteiger partial charge in [0.15, 0.2) is 0 Å². The van der Waals surface area contributed by atoms with E-state index in [-0.39, 0.29) is 11.7 Å². The second-order valence-corrected chi connectivity index (χ2v) is 6.07. The zero-order valence-corrected chi connectivity index (χ0v) is 14.2. The Labute approximate surface area is 146 Å². The van der Waals surface area contributed by atoms with Crippen LogP contribution in [-0.2, 0) is 13.1 Å². The highest BCUT2D eigenvalue weighted by Crippen LogP contribution is 2.18. The number of amides is 1. The van der Waals surface area contributed by atoms with Crippen LogP contribution >= 0.6 is 15.9 Å². The molecule has 3 rings (SSSR count). The predicted molar refractivity (Wildman–Crippen MR) is 90.8 cm³/mol. The van der Waals surface area contributed by atoms with Crippen LogP contribution in [0.4, 0.5) is 4.39 Å². The third kappa shape index (κ3) is 4.05. The molecule has 0 fully saturated rings. The lowest BCUT2D eigenvalue weighted by atomic mass is 10.1. The number of carbonyl (C=O) groups is 1. The van der Waals surface area contributed by atoms with Gasteiger partial charge in [-0.25, -0.2) is 14.1 Å². The average Bonchev–Trinajstić information content (AvgIpc) is 3.07. The Morgan fingerprint density at radius 1 is 1.17 bits per heavy atom. The minimum atomic E-state index is -0.388. The van der Waals surface area contributed by atoms with E-state index in [1.165, 1.54) is 24.5 Å². The van der Waals surface area contributed by atoms with Crippen molar-refractivity contribution in [1.29, 1.82) is 0 Å². The van der Waals surface area contributed by atoms with E-state index >= 15 is 0 Å². The Kier molecular flexibility index (Phi) is 5.00. The summed E-state index contributed by atoms with van der Waals surface area (Å²) < 4.78 is 15.2. The summed E-state index contributed by atoms with van der Waals surface area (Å²) in [5.74, 6) is -0.644. The smallest absolute Gasteiger partial charge is 0.252 e. The Morgan fingerprint density at radius 3 is 2.58 bits per heavy atom. The van der Waals surface area contributed by atoms with Gasteiger partial charge < -0.3 is 5.32 Å². The highest BCUT2D eigenvalue weighted by molar-refractivity contribution is 9.10. The minimum absolute atomic E-state index is 0.256. The summed E-state index contributed by atoms with van der Waals surface area (Å²) in [6.45, 7) is 1.04. The molecule has 0 atom stereocenters. The van der Waals surface area contributed by atoms with Crippen LogP contribution in [0.5, 0.6) is 0 Å². The molecule has 7 heteroatoms. The maximum atomic E-state index is 13.1. The molecule has 0 aliphatic heterocycles. The molecule has 0 aliphatic rings. The lowest BCUT2D eigenvalue weighted by Crippen LogP contribution is -2.23. The standard InChI is InChI=1S/C17H14BrFN4O/c18-16-7-14(19)5-6-15(16)17(24)21-8-12-1-3-13(4-2-12)9-23-11-20-10-22-23/h1-7,10-11H,8-9H2,(H,21,24). The Bertz CT molecular complexity index is 834. The quantitative estimate of drug-likeness (QED) is 0.730. The van der Waals surface area contributed by atoms with E-state index in [2.05, 4.69) is 31.3 Å². The monoisotopic (exact) mass is 388 g/mol. The molecular formula is C17H14BrFN4O. The predicted octanol–water partition coefficient (Wildman–Crippen LogP) is 3.16. The molecular weight excluding hydrogens is 375 g/mol. The summed E-state index contributed by atoms with van der Waals surface area (Å²) in [7, 11) is 0. The fraction of sp³-hybridized carbons (Fsp3) is 0.118. The number of hydrogen-bond acceptors (Lipinski definition) is 3. The zero-order valence-electron chi connectivity index (χ0n) is 12.6. The summed E-state index contributed by atoms with van der Waals surface area (Å²) in [6, 6.07) is 11.9. The topological polar surface area (TPSA) is 59.8 Å². The molecule has 3 aromatic rings.